The largest absolute Gasteiger partial charge is 0.493 e. The van der Waals surface area contributed by atoms with E-state index in [-0.39, 0.29) is 5.91 Å². The molecule has 1 aromatic carbocycles. The van der Waals surface area contributed by atoms with E-state index in [1.165, 1.54) is 0 Å². The maximum absolute atomic E-state index is 12.2. The number of amides is 1. The van der Waals surface area contributed by atoms with Crippen molar-refractivity contribution in [2.75, 3.05) is 20.2 Å². The first kappa shape index (κ1) is 12.8. The Labute approximate surface area is 112 Å². The molecule has 18 heavy (non-hydrogen) atoms. The summed E-state index contributed by atoms with van der Waals surface area (Å²) in [6.45, 7) is 1.24. The molecule has 0 aliphatic carbocycles. The average Bonchev–Trinajstić information content (AvgIpc) is 2.81. The van der Waals surface area contributed by atoms with Gasteiger partial charge >= 0.3 is 0 Å². The molecule has 0 atom stereocenters. The van der Waals surface area contributed by atoms with Gasteiger partial charge in [0.15, 0.2) is 0 Å². The summed E-state index contributed by atoms with van der Waals surface area (Å²) < 4.78 is 5.41. The topological polar surface area (TPSA) is 55.6 Å². The van der Waals surface area contributed by atoms with E-state index in [0.717, 1.165) is 17.7 Å². The summed E-state index contributed by atoms with van der Waals surface area (Å²) in [5, 5.41) is 0. The highest BCUT2D eigenvalue weighted by Gasteiger charge is 2.17. The summed E-state index contributed by atoms with van der Waals surface area (Å²) in [5.41, 5.74) is 7.22. The van der Waals surface area contributed by atoms with Crippen LogP contribution < -0.4 is 10.5 Å². The molecule has 5 heteroatoms. The zero-order chi connectivity index (χ0) is 13.1. The van der Waals surface area contributed by atoms with E-state index >= 15 is 0 Å². The Morgan fingerprint density at radius 3 is 3.06 bits per heavy atom. The van der Waals surface area contributed by atoms with E-state index < -0.39 is 0 Å². The molecule has 2 N–H and O–H groups in total. The van der Waals surface area contributed by atoms with Crippen molar-refractivity contribution < 1.29 is 9.53 Å². The van der Waals surface area contributed by atoms with Gasteiger partial charge in [-0.05, 0) is 23.8 Å². The van der Waals surface area contributed by atoms with Crippen molar-refractivity contribution in [1.29, 1.82) is 0 Å². The minimum atomic E-state index is -0.0130. The molecule has 0 radical (unpaired) electrons. The van der Waals surface area contributed by atoms with Gasteiger partial charge in [-0.25, -0.2) is 0 Å². The number of nitrogens with zero attached hydrogens (tertiary/aromatic N) is 1. The monoisotopic (exact) mass is 264 g/mol. The number of nitrogens with two attached hydrogens (primary N) is 1. The third-order valence-electron chi connectivity index (χ3n) is 2.98. The number of rotatable bonds is 4. The van der Waals surface area contributed by atoms with Gasteiger partial charge in [-0.1, -0.05) is 12.2 Å². The summed E-state index contributed by atoms with van der Waals surface area (Å²) in [7, 11) is 1.75. The molecule has 0 spiro atoms. The molecule has 1 amide bonds. The van der Waals surface area contributed by atoms with Crippen LogP contribution in [0.3, 0.4) is 0 Å². The van der Waals surface area contributed by atoms with Gasteiger partial charge in [0.1, 0.15) is 5.75 Å². The maximum Gasteiger partial charge on any atom is 0.253 e. The van der Waals surface area contributed by atoms with Gasteiger partial charge < -0.3 is 15.4 Å². The second kappa shape index (κ2) is 5.35. The Bertz CT molecular complexity index is 488. The number of carbonyl (C=O) groups excluding carboxylic acids is 1. The number of hydrogen-bond donors (Lipinski definition) is 1. The van der Waals surface area contributed by atoms with Crippen molar-refractivity contribution in [3.05, 3.63) is 29.3 Å². The van der Waals surface area contributed by atoms with E-state index in [4.69, 9.17) is 22.7 Å². The molecule has 2 rings (SSSR count). The third-order valence-corrected chi connectivity index (χ3v) is 3.18. The van der Waals surface area contributed by atoms with Gasteiger partial charge in [-0.3, -0.25) is 4.79 Å². The summed E-state index contributed by atoms with van der Waals surface area (Å²) >= 11 is 4.81. The lowest BCUT2D eigenvalue weighted by molar-refractivity contribution is 0.0799. The number of carbonyl (C=O) groups is 1. The molecular weight excluding hydrogens is 248 g/mol. The highest BCUT2D eigenvalue weighted by molar-refractivity contribution is 7.80. The van der Waals surface area contributed by atoms with Crippen molar-refractivity contribution in [1.82, 2.24) is 4.90 Å². The van der Waals surface area contributed by atoms with Crippen LogP contribution in [0.15, 0.2) is 18.2 Å². The lowest BCUT2D eigenvalue weighted by Gasteiger charge is -2.17. The van der Waals surface area contributed by atoms with Gasteiger partial charge in [0.05, 0.1) is 11.6 Å². The summed E-state index contributed by atoms with van der Waals surface area (Å²) in [6, 6.07) is 5.56. The zero-order valence-electron chi connectivity index (χ0n) is 10.3. The highest BCUT2D eigenvalue weighted by atomic mass is 32.1. The predicted molar refractivity (Wildman–Crippen MR) is 74.0 cm³/mol. The van der Waals surface area contributed by atoms with Crippen LogP contribution in [0.5, 0.6) is 5.75 Å². The Kier molecular flexibility index (Phi) is 3.81. The van der Waals surface area contributed by atoms with E-state index in [1.54, 1.807) is 18.0 Å². The summed E-state index contributed by atoms with van der Waals surface area (Å²) in [6.07, 6.45) is 1.42. The van der Waals surface area contributed by atoms with Crippen LogP contribution in [0.2, 0.25) is 0 Å². The molecule has 0 fully saturated rings. The van der Waals surface area contributed by atoms with Crippen LogP contribution in [0.4, 0.5) is 0 Å². The third kappa shape index (κ3) is 2.79. The normalized spacial score (nSPS) is 12.7. The molecule has 0 unspecified atom stereocenters. The molecule has 96 valence electrons. The van der Waals surface area contributed by atoms with Crippen LogP contribution in [0.1, 0.15) is 22.3 Å². The summed E-state index contributed by atoms with van der Waals surface area (Å²) in [4.78, 5) is 14.2. The summed E-state index contributed by atoms with van der Waals surface area (Å²) in [5.74, 6) is 0.873. The average molecular weight is 264 g/mol. The Morgan fingerprint density at radius 1 is 1.56 bits per heavy atom. The van der Waals surface area contributed by atoms with Gasteiger partial charge in [-0.15, -0.1) is 0 Å². The number of hydrogen-bond acceptors (Lipinski definition) is 3. The molecule has 0 saturated heterocycles. The zero-order valence-corrected chi connectivity index (χ0v) is 11.1. The molecule has 1 aliphatic heterocycles. The van der Waals surface area contributed by atoms with E-state index in [0.29, 0.717) is 30.1 Å². The number of benzene rings is 1. The van der Waals surface area contributed by atoms with Gasteiger partial charge in [0.25, 0.3) is 5.91 Å². The number of fused-ring (bicyclic) bond motifs is 1. The van der Waals surface area contributed by atoms with Crippen molar-refractivity contribution in [3.63, 3.8) is 0 Å². The van der Waals surface area contributed by atoms with Gasteiger partial charge in [0.2, 0.25) is 0 Å². The van der Waals surface area contributed by atoms with E-state index in [2.05, 4.69) is 0 Å². The molecule has 4 nitrogen and oxygen atoms in total. The predicted octanol–water partition coefficient (Wildman–Crippen LogP) is 1.37. The van der Waals surface area contributed by atoms with E-state index in [9.17, 15) is 4.79 Å². The number of ether oxygens (including phenoxy) is 1. The van der Waals surface area contributed by atoms with Crippen molar-refractivity contribution in [2.24, 2.45) is 5.73 Å². The van der Waals surface area contributed by atoms with Gasteiger partial charge in [0, 0.05) is 32.0 Å². The molecular formula is C13H16N2O2S. The second-order valence-corrected chi connectivity index (χ2v) is 4.89. The van der Waals surface area contributed by atoms with Crippen molar-refractivity contribution >= 4 is 23.1 Å². The second-order valence-electron chi connectivity index (χ2n) is 4.36. The SMILES string of the molecule is CN(CCC(N)=S)C(=O)c1ccc2c(c1)CCO2. The molecule has 1 aliphatic rings. The number of thiocarbonyl (C=S) groups is 1. The molecule has 1 heterocycles. The van der Waals surface area contributed by atoms with E-state index in [1.807, 2.05) is 12.1 Å². The van der Waals surface area contributed by atoms with Crippen LogP contribution in [-0.2, 0) is 6.42 Å². The fourth-order valence-electron chi connectivity index (χ4n) is 1.92. The molecule has 0 saturated carbocycles. The Hall–Kier alpha value is -1.62. The van der Waals surface area contributed by atoms with Crippen molar-refractivity contribution in [2.45, 2.75) is 12.8 Å². The molecule has 0 bridgehead atoms. The fraction of sp³-hybridized carbons (Fsp3) is 0.385. The van der Waals surface area contributed by atoms with Crippen LogP contribution in [-0.4, -0.2) is 36.0 Å². The highest BCUT2D eigenvalue weighted by Crippen LogP contribution is 2.26. The first-order chi connectivity index (χ1) is 8.58. The molecule has 0 aromatic heterocycles. The minimum absolute atomic E-state index is 0.0130. The molecule has 1 aromatic rings. The lowest BCUT2D eigenvalue weighted by atomic mass is 10.1. The fourth-order valence-corrected chi connectivity index (χ4v) is 2.01. The standard InChI is InChI=1S/C13H16N2O2S/c1-15(6-4-12(14)18)13(16)10-2-3-11-9(8-10)5-7-17-11/h2-3,8H,4-7H2,1H3,(H2,14,18). The van der Waals surface area contributed by atoms with Crippen molar-refractivity contribution in [3.8, 4) is 5.75 Å². The smallest absolute Gasteiger partial charge is 0.253 e. The quantitative estimate of drug-likeness (QED) is 0.835. The van der Waals surface area contributed by atoms with Crippen LogP contribution in [0.25, 0.3) is 0 Å². The first-order valence-corrected chi connectivity index (χ1v) is 6.28. The van der Waals surface area contributed by atoms with Crippen LogP contribution in [0, 0.1) is 0 Å². The first-order valence-electron chi connectivity index (χ1n) is 5.87. The lowest BCUT2D eigenvalue weighted by Crippen LogP contribution is -2.30. The maximum atomic E-state index is 12.2. The minimum Gasteiger partial charge on any atom is -0.493 e. The Balaban J connectivity index is 2.06. The Morgan fingerprint density at radius 2 is 2.33 bits per heavy atom. The van der Waals surface area contributed by atoms with Gasteiger partial charge in [-0.2, -0.15) is 0 Å². The van der Waals surface area contributed by atoms with Crippen LogP contribution >= 0.6 is 12.2 Å².